The maximum atomic E-state index is 12.5. The van der Waals surface area contributed by atoms with E-state index in [1.807, 2.05) is 0 Å². The van der Waals surface area contributed by atoms with Crippen LogP contribution in [0.2, 0.25) is 0 Å². The molecule has 6 atom stereocenters. The number of rotatable bonds is 1. The molecular weight excluding hydrogens is 288 g/mol. The Morgan fingerprint density at radius 1 is 1.09 bits per heavy atom. The first-order valence-electron chi connectivity index (χ1n) is 9.55. The van der Waals surface area contributed by atoms with Crippen molar-refractivity contribution in [2.24, 2.45) is 34.0 Å². The summed E-state index contributed by atoms with van der Waals surface area (Å²) in [4.78, 5) is 12.5. The summed E-state index contributed by atoms with van der Waals surface area (Å²) >= 11 is 0. The van der Waals surface area contributed by atoms with Crippen LogP contribution in [0.15, 0.2) is 0 Å². The summed E-state index contributed by atoms with van der Waals surface area (Å²) in [7, 11) is 0. The quantitative estimate of drug-likeness (QED) is 0.779. The van der Waals surface area contributed by atoms with Crippen LogP contribution in [0.5, 0.6) is 0 Å². The first-order valence-corrected chi connectivity index (χ1v) is 9.55. The molecule has 0 amide bonds. The molecule has 0 radical (unpaired) electrons. The van der Waals surface area contributed by atoms with Gasteiger partial charge in [-0.1, -0.05) is 20.8 Å². The lowest BCUT2D eigenvalue weighted by Gasteiger charge is -2.63. The van der Waals surface area contributed by atoms with E-state index in [2.05, 4.69) is 20.8 Å². The van der Waals surface area contributed by atoms with E-state index >= 15 is 0 Å². The van der Waals surface area contributed by atoms with E-state index in [0.29, 0.717) is 17.6 Å². The van der Waals surface area contributed by atoms with Gasteiger partial charge in [0.1, 0.15) is 5.78 Å². The van der Waals surface area contributed by atoms with Crippen LogP contribution >= 0.6 is 0 Å². The van der Waals surface area contributed by atoms with Crippen LogP contribution < -0.4 is 0 Å². The summed E-state index contributed by atoms with van der Waals surface area (Å²) in [6, 6.07) is 0. The van der Waals surface area contributed by atoms with Crippen molar-refractivity contribution in [3.05, 3.63) is 0 Å². The van der Waals surface area contributed by atoms with Gasteiger partial charge in [0.2, 0.25) is 0 Å². The van der Waals surface area contributed by atoms with Gasteiger partial charge < -0.3 is 10.2 Å². The lowest BCUT2D eigenvalue weighted by Crippen LogP contribution is -2.58. The number of ketones is 1. The van der Waals surface area contributed by atoms with Gasteiger partial charge in [0.15, 0.2) is 0 Å². The van der Waals surface area contributed by atoms with Crippen molar-refractivity contribution in [2.75, 3.05) is 6.61 Å². The average molecular weight is 320 g/mol. The van der Waals surface area contributed by atoms with Gasteiger partial charge in [-0.05, 0) is 73.5 Å². The minimum Gasteiger partial charge on any atom is -0.393 e. The third-order valence-electron chi connectivity index (χ3n) is 8.89. The van der Waals surface area contributed by atoms with Gasteiger partial charge in [0.25, 0.3) is 0 Å². The molecule has 0 aromatic carbocycles. The predicted molar refractivity (Wildman–Crippen MR) is 88.8 cm³/mol. The Bertz CT molecular complexity index is 541. The van der Waals surface area contributed by atoms with Crippen molar-refractivity contribution in [3.63, 3.8) is 0 Å². The summed E-state index contributed by atoms with van der Waals surface area (Å²) in [6.45, 7) is 6.68. The molecule has 2 N–H and O–H groups in total. The van der Waals surface area contributed by atoms with E-state index in [4.69, 9.17) is 0 Å². The molecule has 4 fully saturated rings. The summed E-state index contributed by atoms with van der Waals surface area (Å²) in [5, 5.41) is 20.7. The molecule has 0 saturated heterocycles. The minimum atomic E-state index is -0.849. The molecule has 3 nitrogen and oxygen atoms in total. The molecule has 23 heavy (non-hydrogen) atoms. The van der Waals surface area contributed by atoms with Gasteiger partial charge in [-0.25, -0.2) is 0 Å². The SMILES string of the molecule is CC1(C)C(=O)CC[C@@]2(C)[C@H]1CC[C@@]13C[C@@H](CC[C@@H]12)[C@@](O)(CO)C3. The second-order valence-electron chi connectivity index (χ2n) is 10.1. The number of hydrogen-bond acceptors (Lipinski definition) is 3. The number of aliphatic hydroxyl groups excluding tert-OH is 1. The van der Waals surface area contributed by atoms with E-state index < -0.39 is 5.60 Å². The van der Waals surface area contributed by atoms with Gasteiger partial charge in [0.05, 0.1) is 12.2 Å². The number of carbonyl (C=O) groups excluding carboxylic acids is 1. The highest BCUT2D eigenvalue weighted by molar-refractivity contribution is 5.85. The number of Topliss-reactive ketones (excluding diaryl/α,β-unsaturated/α-hetero) is 1. The Labute approximate surface area is 139 Å². The molecule has 0 aromatic rings. The Balaban J connectivity index is 1.73. The molecule has 1 spiro atoms. The molecule has 0 heterocycles. The van der Waals surface area contributed by atoms with E-state index in [-0.39, 0.29) is 28.8 Å². The molecule has 4 rings (SSSR count). The standard InChI is InChI=1S/C20H32O3/c1-17(2)14-6-9-19-10-13(20(23,11-19)12-21)4-5-15(19)18(14,3)8-7-16(17)22/h13-15,21,23H,4-12H2,1-3H3/t13-,14+,15-,18+,19+,20+/m1/s1. The molecule has 2 bridgehead atoms. The fourth-order valence-electron chi connectivity index (χ4n) is 7.83. The average Bonchev–Trinajstić information content (AvgIpc) is 2.70. The topological polar surface area (TPSA) is 57.5 Å². The predicted octanol–water partition coefficient (Wildman–Crippen LogP) is 3.32. The van der Waals surface area contributed by atoms with Crippen LogP contribution in [-0.2, 0) is 4.79 Å². The monoisotopic (exact) mass is 320 g/mol. The highest BCUT2D eigenvalue weighted by Gasteiger charge is 2.67. The summed E-state index contributed by atoms with van der Waals surface area (Å²) in [5.74, 6) is 1.81. The molecule has 4 aliphatic rings. The maximum absolute atomic E-state index is 12.5. The van der Waals surface area contributed by atoms with Crippen molar-refractivity contribution in [2.45, 2.75) is 77.7 Å². The molecule has 0 unspecified atom stereocenters. The molecule has 0 aliphatic heterocycles. The van der Waals surface area contributed by atoms with E-state index in [9.17, 15) is 15.0 Å². The summed E-state index contributed by atoms with van der Waals surface area (Å²) in [6.07, 6.45) is 8.07. The van der Waals surface area contributed by atoms with Crippen molar-refractivity contribution >= 4 is 5.78 Å². The lowest BCUT2D eigenvalue weighted by atomic mass is 9.41. The summed E-state index contributed by atoms with van der Waals surface area (Å²) in [5.41, 5.74) is -0.612. The van der Waals surface area contributed by atoms with Crippen LogP contribution in [-0.4, -0.2) is 28.2 Å². The van der Waals surface area contributed by atoms with Crippen LogP contribution in [0.4, 0.5) is 0 Å². The van der Waals surface area contributed by atoms with Crippen LogP contribution in [0.3, 0.4) is 0 Å². The first kappa shape index (κ1) is 16.1. The van der Waals surface area contributed by atoms with Crippen molar-refractivity contribution in [1.82, 2.24) is 0 Å². The van der Waals surface area contributed by atoms with Gasteiger partial charge in [-0.15, -0.1) is 0 Å². The number of hydrogen-bond donors (Lipinski definition) is 2. The maximum Gasteiger partial charge on any atom is 0.138 e. The zero-order chi connectivity index (χ0) is 16.7. The van der Waals surface area contributed by atoms with Crippen molar-refractivity contribution < 1.29 is 15.0 Å². The Kier molecular flexibility index (Phi) is 3.22. The van der Waals surface area contributed by atoms with Gasteiger partial charge >= 0.3 is 0 Å². The fourth-order valence-corrected chi connectivity index (χ4v) is 7.83. The molecular formula is C20H32O3. The number of fused-ring (bicyclic) bond motifs is 3. The Morgan fingerprint density at radius 3 is 2.52 bits per heavy atom. The van der Waals surface area contributed by atoms with E-state index in [1.165, 1.54) is 6.42 Å². The second kappa shape index (κ2) is 4.60. The first-order chi connectivity index (χ1) is 10.7. The molecule has 130 valence electrons. The van der Waals surface area contributed by atoms with Gasteiger partial charge in [-0.2, -0.15) is 0 Å². The highest BCUT2D eigenvalue weighted by Crippen LogP contribution is 2.72. The van der Waals surface area contributed by atoms with Gasteiger partial charge in [0, 0.05) is 11.8 Å². The van der Waals surface area contributed by atoms with Gasteiger partial charge in [-0.3, -0.25) is 4.79 Å². The third-order valence-corrected chi connectivity index (χ3v) is 8.89. The zero-order valence-corrected chi connectivity index (χ0v) is 14.9. The molecule has 3 heteroatoms. The Morgan fingerprint density at radius 2 is 1.83 bits per heavy atom. The fraction of sp³-hybridized carbons (Fsp3) is 0.950. The van der Waals surface area contributed by atoms with Crippen molar-refractivity contribution in [3.8, 4) is 0 Å². The molecule has 0 aromatic heterocycles. The van der Waals surface area contributed by atoms with E-state index in [1.54, 1.807) is 0 Å². The second-order valence-corrected chi connectivity index (χ2v) is 10.1. The number of carbonyl (C=O) groups is 1. The van der Waals surface area contributed by atoms with Crippen LogP contribution in [0.1, 0.15) is 72.1 Å². The molecule has 4 saturated carbocycles. The summed E-state index contributed by atoms with van der Waals surface area (Å²) < 4.78 is 0. The smallest absolute Gasteiger partial charge is 0.138 e. The normalized spacial score (nSPS) is 54.5. The minimum absolute atomic E-state index is 0.0870. The zero-order valence-electron chi connectivity index (χ0n) is 14.9. The highest BCUT2D eigenvalue weighted by atomic mass is 16.3. The van der Waals surface area contributed by atoms with Crippen LogP contribution in [0, 0.1) is 34.0 Å². The van der Waals surface area contributed by atoms with E-state index in [0.717, 1.165) is 44.9 Å². The third kappa shape index (κ3) is 1.87. The Hall–Kier alpha value is -0.410. The van der Waals surface area contributed by atoms with Crippen LogP contribution in [0.25, 0.3) is 0 Å². The van der Waals surface area contributed by atoms with Crippen molar-refractivity contribution in [1.29, 1.82) is 0 Å². The lowest BCUT2D eigenvalue weighted by molar-refractivity contribution is -0.165. The largest absolute Gasteiger partial charge is 0.393 e. The molecule has 4 aliphatic carbocycles. The number of aliphatic hydroxyl groups is 2.